The summed E-state index contributed by atoms with van der Waals surface area (Å²) >= 11 is 11.4. The molecule has 1 N–H and O–H groups in total. The fourth-order valence-corrected chi connectivity index (χ4v) is 3.18. The monoisotopic (exact) mass is 296 g/mol. The number of hydrogen-bond donors (Lipinski definition) is 1. The maximum absolute atomic E-state index is 6.05. The van der Waals surface area contributed by atoms with Gasteiger partial charge in [-0.25, -0.2) is 0 Å². The summed E-state index contributed by atoms with van der Waals surface area (Å²) in [5, 5.41) is 0.729. The molecule has 19 heavy (non-hydrogen) atoms. The molecule has 0 bridgehead atoms. The van der Waals surface area contributed by atoms with Crippen molar-refractivity contribution >= 4 is 34.9 Å². The smallest absolute Gasteiger partial charge is 0.178 e. The van der Waals surface area contributed by atoms with E-state index < -0.39 is 0 Å². The van der Waals surface area contributed by atoms with Crippen LogP contribution in [0.3, 0.4) is 0 Å². The van der Waals surface area contributed by atoms with Crippen LogP contribution in [0.15, 0.2) is 18.2 Å². The Kier molecular flexibility index (Phi) is 3.91. The molecule has 0 unspecified atom stereocenters. The molecule has 1 fully saturated rings. The van der Waals surface area contributed by atoms with Crippen LogP contribution in [0.25, 0.3) is 11.0 Å². The fourth-order valence-electron chi connectivity index (χ4n) is 2.71. The molecule has 2 aromatic rings. The molecule has 3 nitrogen and oxygen atoms in total. The molecule has 1 saturated carbocycles. The summed E-state index contributed by atoms with van der Waals surface area (Å²) in [7, 11) is 0. The van der Waals surface area contributed by atoms with Crippen LogP contribution in [-0.2, 0) is 11.3 Å². The summed E-state index contributed by atoms with van der Waals surface area (Å²) < 4.78 is 8.69. The number of nitrogens with one attached hydrogen (secondary N) is 1. The van der Waals surface area contributed by atoms with E-state index in [1.807, 2.05) is 18.2 Å². The van der Waals surface area contributed by atoms with Crippen molar-refractivity contribution in [3.8, 4) is 0 Å². The lowest BCUT2D eigenvalue weighted by atomic mass is 10.3. The third kappa shape index (κ3) is 2.86. The first-order valence-electron chi connectivity index (χ1n) is 6.74. The lowest BCUT2D eigenvalue weighted by Gasteiger charge is -2.11. The Morgan fingerprint density at radius 3 is 2.95 bits per heavy atom. The van der Waals surface area contributed by atoms with E-state index >= 15 is 0 Å². The standard InChI is InChI=1S/C14H17ClN2OS/c15-10-5-6-12-13(9-10)17(14(19)16-12)7-8-18-11-3-1-2-4-11/h5-6,9,11H,1-4,7-8H2,(H,16,19). The molecule has 1 aliphatic carbocycles. The van der Waals surface area contributed by atoms with Gasteiger partial charge in [0.05, 0.1) is 23.7 Å². The first-order chi connectivity index (χ1) is 9.24. The van der Waals surface area contributed by atoms with Crippen molar-refractivity contribution in [2.75, 3.05) is 6.61 Å². The van der Waals surface area contributed by atoms with E-state index in [0.717, 1.165) is 27.4 Å². The summed E-state index contributed by atoms with van der Waals surface area (Å²) in [4.78, 5) is 3.20. The number of halogens is 1. The maximum atomic E-state index is 6.05. The van der Waals surface area contributed by atoms with Gasteiger partial charge in [0.1, 0.15) is 0 Å². The van der Waals surface area contributed by atoms with Gasteiger partial charge in [0.2, 0.25) is 0 Å². The van der Waals surface area contributed by atoms with Crippen molar-refractivity contribution in [1.29, 1.82) is 0 Å². The minimum atomic E-state index is 0.447. The number of nitrogens with zero attached hydrogens (tertiary/aromatic N) is 1. The highest BCUT2D eigenvalue weighted by Gasteiger charge is 2.15. The van der Waals surface area contributed by atoms with E-state index in [9.17, 15) is 0 Å². The number of ether oxygens (including phenoxy) is 1. The minimum Gasteiger partial charge on any atom is -0.376 e. The molecule has 1 heterocycles. The fraction of sp³-hybridized carbons (Fsp3) is 0.500. The number of H-pyrrole nitrogens is 1. The van der Waals surface area contributed by atoms with Gasteiger partial charge in [-0.1, -0.05) is 24.4 Å². The number of hydrogen-bond acceptors (Lipinski definition) is 2. The van der Waals surface area contributed by atoms with E-state index in [1.165, 1.54) is 25.7 Å². The Morgan fingerprint density at radius 1 is 1.37 bits per heavy atom. The van der Waals surface area contributed by atoms with Crippen molar-refractivity contribution in [3.05, 3.63) is 28.0 Å². The van der Waals surface area contributed by atoms with Crippen molar-refractivity contribution in [2.45, 2.75) is 38.3 Å². The molecular formula is C14H17ClN2OS. The van der Waals surface area contributed by atoms with Crippen molar-refractivity contribution in [1.82, 2.24) is 9.55 Å². The Labute approximate surface area is 122 Å². The number of benzene rings is 1. The molecule has 1 aromatic carbocycles. The largest absolute Gasteiger partial charge is 0.376 e. The maximum Gasteiger partial charge on any atom is 0.178 e. The SMILES string of the molecule is S=c1[nH]c2ccc(Cl)cc2n1CCOC1CCCC1. The van der Waals surface area contributed by atoms with Gasteiger partial charge in [-0.05, 0) is 43.3 Å². The van der Waals surface area contributed by atoms with Gasteiger partial charge in [0.15, 0.2) is 4.77 Å². The van der Waals surface area contributed by atoms with E-state index in [4.69, 9.17) is 28.6 Å². The van der Waals surface area contributed by atoms with Gasteiger partial charge < -0.3 is 14.3 Å². The molecule has 1 aliphatic rings. The van der Waals surface area contributed by atoms with Gasteiger partial charge in [0.25, 0.3) is 0 Å². The average Bonchev–Trinajstić information content (AvgIpc) is 2.99. The minimum absolute atomic E-state index is 0.447. The number of rotatable bonds is 4. The number of imidazole rings is 1. The molecule has 0 atom stereocenters. The van der Waals surface area contributed by atoms with E-state index in [-0.39, 0.29) is 0 Å². The van der Waals surface area contributed by atoms with Crippen LogP contribution >= 0.6 is 23.8 Å². The topological polar surface area (TPSA) is 29.9 Å². The number of fused-ring (bicyclic) bond motifs is 1. The molecular weight excluding hydrogens is 280 g/mol. The molecule has 0 spiro atoms. The van der Waals surface area contributed by atoms with Crippen LogP contribution in [-0.4, -0.2) is 22.3 Å². The van der Waals surface area contributed by atoms with E-state index in [0.29, 0.717) is 12.7 Å². The van der Waals surface area contributed by atoms with Crippen molar-refractivity contribution in [3.63, 3.8) is 0 Å². The molecule has 102 valence electrons. The molecule has 0 amide bonds. The Hall–Kier alpha value is -0.840. The highest BCUT2D eigenvalue weighted by molar-refractivity contribution is 7.71. The predicted molar refractivity (Wildman–Crippen MR) is 80.3 cm³/mol. The molecule has 5 heteroatoms. The zero-order valence-corrected chi connectivity index (χ0v) is 12.3. The summed E-state index contributed by atoms with van der Waals surface area (Å²) in [5.41, 5.74) is 2.07. The Morgan fingerprint density at radius 2 is 2.16 bits per heavy atom. The summed E-state index contributed by atoms with van der Waals surface area (Å²) in [6, 6.07) is 5.77. The zero-order valence-electron chi connectivity index (χ0n) is 10.7. The quantitative estimate of drug-likeness (QED) is 0.852. The predicted octanol–water partition coefficient (Wildman–Crippen LogP) is 4.31. The number of aromatic nitrogens is 2. The normalized spacial score (nSPS) is 16.5. The van der Waals surface area contributed by atoms with Crippen molar-refractivity contribution in [2.24, 2.45) is 0 Å². The van der Waals surface area contributed by atoms with E-state index in [1.54, 1.807) is 0 Å². The molecule has 0 saturated heterocycles. The van der Waals surface area contributed by atoms with Crippen LogP contribution in [0.2, 0.25) is 5.02 Å². The summed E-state index contributed by atoms with van der Waals surface area (Å²) in [6.45, 7) is 1.48. The second-order valence-corrected chi connectivity index (χ2v) is 5.84. The van der Waals surface area contributed by atoms with Gasteiger partial charge in [-0.2, -0.15) is 0 Å². The van der Waals surface area contributed by atoms with E-state index in [2.05, 4.69) is 9.55 Å². The van der Waals surface area contributed by atoms with Crippen LogP contribution in [0, 0.1) is 4.77 Å². The van der Waals surface area contributed by atoms with Crippen LogP contribution in [0.1, 0.15) is 25.7 Å². The zero-order chi connectivity index (χ0) is 13.2. The second kappa shape index (κ2) is 5.65. The Balaban J connectivity index is 1.74. The van der Waals surface area contributed by atoms with Crippen molar-refractivity contribution < 1.29 is 4.74 Å². The average molecular weight is 297 g/mol. The van der Waals surface area contributed by atoms with Gasteiger partial charge in [-0.15, -0.1) is 0 Å². The second-order valence-electron chi connectivity index (χ2n) is 5.02. The molecule has 0 aliphatic heterocycles. The summed E-state index contributed by atoms with van der Waals surface area (Å²) in [5.74, 6) is 0. The summed E-state index contributed by atoms with van der Waals surface area (Å²) in [6.07, 6.45) is 5.44. The van der Waals surface area contributed by atoms with Gasteiger partial charge in [0, 0.05) is 11.6 Å². The molecule has 1 aromatic heterocycles. The number of aromatic amines is 1. The highest BCUT2D eigenvalue weighted by atomic mass is 35.5. The molecule has 3 rings (SSSR count). The van der Waals surface area contributed by atoms with Crippen LogP contribution < -0.4 is 0 Å². The van der Waals surface area contributed by atoms with Gasteiger partial charge in [-0.3, -0.25) is 0 Å². The lowest BCUT2D eigenvalue weighted by Crippen LogP contribution is -2.13. The highest BCUT2D eigenvalue weighted by Crippen LogP contribution is 2.22. The Bertz CT molecular complexity index is 628. The van der Waals surface area contributed by atoms with Crippen LogP contribution in [0.4, 0.5) is 0 Å². The van der Waals surface area contributed by atoms with Crippen LogP contribution in [0.5, 0.6) is 0 Å². The third-order valence-electron chi connectivity index (χ3n) is 3.71. The molecule has 0 radical (unpaired) electrons. The first kappa shape index (κ1) is 13.2. The van der Waals surface area contributed by atoms with Gasteiger partial charge >= 0.3 is 0 Å². The first-order valence-corrected chi connectivity index (χ1v) is 7.52. The third-order valence-corrected chi connectivity index (χ3v) is 4.27. The lowest BCUT2D eigenvalue weighted by molar-refractivity contribution is 0.0533.